The highest BCUT2D eigenvalue weighted by Crippen LogP contribution is 2.34. The normalized spacial score (nSPS) is 20.5. The van der Waals surface area contributed by atoms with Gasteiger partial charge in [0.1, 0.15) is 12.2 Å². The molecule has 3 aromatic carbocycles. The van der Waals surface area contributed by atoms with Crippen molar-refractivity contribution in [1.29, 1.82) is 0 Å². The number of imidazole rings is 1. The Morgan fingerprint density at radius 1 is 1.06 bits per heavy atom. The quantitative estimate of drug-likeness (QED) is 0.363. The average Bonchev–Trinajstić information content (AvgIpc) is 3.24. The van der Waals surface area contributed by atoms with Gasteiger partial charge in [-0.05, 0) is 40.8 Å². The molecule has 0 unspecified atom stereocenters. The summed E-state index contributed by atoms with van der Waals surface area (Å²) in [5.41, 5.74) is 7.05. The van der Waals surface area contributed by atoms with Crippen LogP contribution in [-0.4, -0.2) is 51.7 Å². The Morgan fingerprint density at radius 3 is 2.38 bits per heavy atom. The number of hydrogen-bond donors (Lipinski definition) is 3. The second-order valence-corrected chi connectivity index (χ2v) is 9.02. The number of aromatic amines is 1. The molecule has 7 heteroatoms. The summed E-state index contributed by atoms with van der Waals surface area (Å²) >= 11 is 6.61. The number of rotatable bonds is 6. The fourth-order valence-corrected chi connectivity index (χ4v) is 4.58. The van der Waals surface area contributed by atoms with Crippen LogP contribution in [0.15, 0.2) is 60.7 Å². The first-order chi connectivity index (χ1) is 16.5. The Balaban J connectivity index is 1.35. The maximum atomic E-state index is 10.1. The zero-order valence-electron chi connectivity index (χ0n) is 18.9. The largest absolute Gasteiger partial charge is 0.459 e. The molecule has 0 saturated carbocycles. The van der Waals surface area contributed by atoms with Crippen molar-refractivity contribution in [1.82, 2.24) is 9.97 Å². The molecule has 4 aromatic rings. The molecule has 3 N–H and O–H groups in total. The monoisotopic (exact) mass is 478 g/mol. The Bertz CT molecular complexity index is 1270. The van der Waals surface area contributed by atoms with Gasteiger partial charge < -0.3 is 24.7 Å². The summed E-state index contributed by atoms with van der Waals surface area (Å²) in [5, 5.41) is 19.9. The second-order valence-electron chi connectivity index (χ2n) is 8.62. The van der Waals surface area contributed by atoms with Gasteiger partial charge in [-0.2, -0.15) is 4.98 Å². The van der Waals surface area contributed by atoms with Gasteiger partial charge in [-0.15, -0.1) is 0 Å². The van der Waals surface area contributed by atoms with Crippen LogP contribution in [0.4, 0.5) is 0 Å². The molecule has 2 heterocycles. The number of nitrogens with one attached hydrogen (secondary N) is 1. The van der Waals surface area contributed by atoms with E-state index in [-0.39, 0.29) is 19.3 Å². The van der Waals surface area contributed by atoms with E-state index in [9.17, 15) is 10.2 Å². The van der Waals surface area contributed by atoms with E-state index in [0.29, 0.717) is 17.5 Å². The number of ether oxygens (including phenoxy) is 2. The van der Waals surface area contributed by atoms with E-state index in [0.717, 1.165) is 34.1 Å². The van der Waals surface area contributed by atoms with Crippen LogP contribution in [0.5, 0.6) is 6.01 Å². The topological polar surface area (TPSA) is 87.6 Å². The molecule has 3 atom stereocenters. The lowest BCUT2D eigenvalue weighted by molar-refractivity contribution is -0.131. The van der Waals surface area contributed by atoms with E-state index >= 15 is 0 Å². The first-order valence-corrected chi connectivity index (χ1v) is 11.9. The number of benzene rings is 3. The SMILES string of the molecule is CCc1ccc(-c2ccc(-c3cc4nc(O[C@H]5CO[C@H](CO)[C@@H](O)C5)[nH]c4cc3Cl)cc2)cc1. The van der Waals surface area contributed by atoms with Gasteiger partial charge in [0, 0.05) is 12.0 Å². The molecule has 5 rings (SSSR count). The molecule has 0 amide bonds. The van der Waals surface area contributed by atoms with Crippen LogP contribution >= 0.6 is 11.6 Å². The van der Waals surface area contributed by atoms with Crippen LogP contribution in [0.25, 0.3) is 33.3 Å². The summed E-state index contributed by atoms with van der Waals surface area (Å²) in [7, 11) is 0. The molecule has 1 aromatic heterocycles. The number of aromatic nitrogens is 2. The maximum Gasteiger partial charge on any atom is 0.294 e. The highest BCUT2D eigenvalue weighted by atomic mass is 35.5. The van der Waals surface area contributed by atoms with Gasteiger partial charge in [0.15, 0.2) is 0 Å². The van der Waals surface area contributed by atoms with E-state index < -0.39 is 12.2 Å². The van der Waals surface area contributed by atoms with Gasteiger partial charge in [0.25, 0.3) is 6.01 Å². The van der Waals surface area contributed by atoms with E-state index in [1.165, 1.54) is 11.1 Å². The fourth-order valence-electron chi connectivity index (χ4n) is 4.30. The van der Waals surface area contributed by atoms with E-state index in [4.69, 9.17) is 21.1 Å². The van der Waals surface area contributed by atoms with Crippen molar-refractivity contribution in [2.75, 3.05) is 13.2 Å². The predicted octanol–water partition coefficient (Wildman–Crippen LogP) is 5.00. The summed E-state index contributed by atoms with van der Waals surface area (Å²) in [4.78, 5) is 7.69. The second kappa shape index (κ2) is 9.76. The Labute approximate surface area is 203 Å². The summed E-state index contributed by atoms with van der Waals surface area (Å²) in [6.45, 7) is 2.21. The van der Waals surface area contributed by atoms with Crippen LogP contribution < -0.4 is 4.74 Å². The van der Waals surface area contributed by atoms with Gasteiger partial charge in [-0.3, -0.25) is 0 Å². The summed E-state index contributed by atoms with van der Waals surface area (Å²) in [5.74, 6) is 0. The highest BCUT2D eigenvalue weighted by molar-refractivity contribution is 6.34. The molecule has 0 spiro atoms. The number of H-pyrrole nitrogens is 1. The minimum Gasteiger partial charge on any atom is -0.459 e. The van der Waals surface area contributed by atoms with Crippen molar-refractivity contribution in [3.8, 4) is 28.3 Å². The van der Waals surface area contributed by atoms with Crippen LogP contribution in [0.2, 0.25) is 5.02 Å². The number of fused-ring (bicyclic) bond motifs is 1. The average molecular weight is 479 g/mol. The van der Waals surface area contributed by atoms with E-state index in [1.807, 2.05) is 12.1 Å². The number of nitrogens with zero attached hydrogens (tertiary/aromatic N) is 1. The van der Waals surface area contributed by atoms with Gasteiger partial charge in [-0.25, -0.2) is 0 Å². The Kier molecular flexibility index (Phi) is 6.57. The van der Waals surface area contributed by atoms with Gasteiger partial charge in [0.05, 0.1) is 35.4 Å². The molecule has 1 saturated heterocycles. The molecule has 6 nitrogen and oxygen atoms in total. The van der Waals surface area contributed by atoms with Gasteiger partial charge in [-0.1, -0.05) is 67.1 Å². The lowest BCUT2D eigenvalue weighted by Gasteiger charge is -2.31. The summed E-state index contributed by atoms with van der Waals surface area (Å²) < 4.78 is 11.4. The standard InChI is InChI=1S/C27H27ClN2O4/c1-2-16-3-5-17(6-4-16)18-7-9-19(10-8-18)21-12-23-24(13-22(21)28)30-27(29-23)34-20-11-25(32)26(14-31)33-15-20/h3-10,12-13,20,25-26,31-32H,2,11,14-15H2,1H3,(H,29,30)/t20-,25+,26-/m1/s1. The van der Waals surface area contributed by atoms with Crippen molar-refractivity contribution < 1.29 is 19.7 Å². The lowest BCUT2D eigenvalue weighted by Crippen LogP contribution is -2.45. The third kappa shape index (κ3) is 4.68. The molecule has 1 aliphatic rings. The molecule has 176 valence electrons. The highest BCUT2D eigenvalue weighted by Gasteiger charge is 2.31. The molecular formula is C27H27ClN2O4. The van der Waals surface area contributed by atoms with Crippen molar-refractivity contribution in [2.45, 2.75) is 38.1 Å². The molecule has 1 aliphatic heterocycles. The van der Waals surface area contributed by atoms with Crippen molar-refractivity contribution in [3.63, 3.8) is 0 Å². The van der Waals surface area contributed by atoms with E-state index in [2.05, 4.69) is 65.4 Å². The van der Waals surface area contributed by atoms with Crippen LogP contribution in [0.3, 0.4) is 0 Å². The number of aliphatic hydroxyl groups excluding tert-OH is 2. The third-order valence-electron chi connectivity index (χ3n) is 6.33. The fraction of sp³-hybridized carbons (Fsp3) is 0.296. The zero-order valence-corrected chi connectivity index (χ0v) is 19.6. The smallest absolute Gasteiger partial charge is 0.294 e. The molecule has 0 radical (unpaired) electrons. The maximum absolute atomic E-state index is 10.1. The van der Waals surface area contributed by atoms with Crippen LogP contribution in [0, 0.1) is 0 Å². The van der Waals surface area contributed by atoms with Crippen molar-refractivity contribution in [2.24, 2.45) is 0 Å². The first kappa shape index (κ1) is 22.9. The first-order valence-electron chi connectivity index (χ1n) is 11.5. The number of hydrogen-bond acceptors (Lipinski definition) is 5. The molecule has 34 heavy (non-hydrogen) atoms. The number of halogens is 1. The van der Waals surface area contributed by atoms with Crippen LogP contribution in [-0.2, 0) is 11.2 Å². The van der Waals surface area contributed by atoms with E-state index in [1.54, 1.807) is 0 Å². The molecule has 0 bridgehead atoms. The molecular weight excluding hydrogens is 452 g/mol. The molecule has 0 aliphatic carbocycles. The zero-order chi connectivity index (χ0) is 23.7. The Hall–Kier alpha value is -2.90. The van der Waals surface area contributed by atoms with Crippen molar-refractivity contribution in [3.05, 3.63) is 71.2 Å². The van der Waals surface area contributed by atoms with Crippen LogP contribution in [0.1, 0.15) is 18.9 Å². The lowest BCUT2D eigenvalue weighted by atomic mass is 9.99. The number of aryl methyl sites for hydroxylation is 1. The number of aliphatic hydroxyl groups is 2. The third-order valence-corrected chi connectivity index (χ3v) is 6.64. The van der Waals surface area contributed by atoms with Crippen molar-refractivity contribution >= 4 is 22.6 Å². The minimum atomic E-state index is -0.776. The summed E-state index contributed by atoms with van der Waals surface area (Å²) in [6, 6.07) is 21.1. The minimum absolute atomic E-state index is 0.216. The Morgan fingerprint density at radius 2 is 1.74 bits per heavy atom. The van der Waals surface area contributed by atoms with Gasteiger partial charge >= 0.3 is 0 Å². The molecule has 1 fully saturated rings. The van der Waals surface area contributed by atoms with Gasteiger partial charge in [0.2, 0.25) is 0 Å². The predicted molar refractivity (Wildman–Crippen MR) is 133 cm³/mol. The summed E-state index contributed by atoms with van der Waals surface area (Å²) in [6.07, 6.45) is -0.310.